The van der Waals surface area contributed by atoms with E-state index < -0.39 is 18.4 Å². The molecule has 1 N–H and O–H groups in total. The fourth-order valence-corrected chi connectivity index (χ4v) is 4.76. The number of morpholine rings is 1. The third-order valence-corrected chi connectivity index (χ3v) is 6.73. The lowest BCUT2D eigenvalue weighted by Gasteiger charge is -2.28. The maximum Gasteiger partial charge on any atom is 0.409 e. The molecule has 190 valence electrons. The first kappa shape index (κ1) is 24.9. The van der Waals surface area contributed by atoms with Crippen molar-refractivity contribution in [2.24, 2.45) is 4.99 Å². The van der Waals surface area contributed by atoms with E-state index in [2.05, 4.69) is 10.2 Å². The second-order valence-corrected chi connectivity index (χ2v) is 9.24. The number of aliphatic imine (C=N–C) groups is 1. The number of rotatable bonds is 7. The summed E-state index contributed by atoms with van der Waals surface area (Å²) in [5, 5.41) is 2.75. The lowest BCUT2D eigenvalue weighted by molar-refractivity contribution is -0.120. The van der Waals surface area contributed by atoms with Gasteiger partial charge in [-0.15, -0.1) is 0 Å². The zero-order chi connectivity index (χ0) is 25.5. The van der Waals surface area contributed by atoms with Crippen LogP contribution in [0.2, 0.25) is 0 Å². The van der Waals surface area contributed by atoms with Gasteiger partial charge in [-0.2, -0.15) is 0 Å². The minimum Gasteiger partial charge on any atom is -0.441 e. The number of nitrogens with zero attached hydrogens (tertiary/aromatic N) is 2. The average molecular weight is 498 g/mol. The summed E-state index contributed by atoms with van der Waals surface area (Å²) in [6.07, 6.45) is -1.32. The SMILES string of the molecule is O=C(N[C@@H]1N=C(c2ccccc2)c2ccccc2CC1=O)O[C@H](CCN1CCOCC1)c1ccccc1. The molecule has 7 nitrogen and oxygen atoms in total. The second kappa shape index (κ2) is 12.0. The number of carbonyl (C=O) groups is 2. The van der Waals surface area contributed by atoms with Crippen molar-refractivity contribution >= 4 is 17.6 Å². The zero-order valence-corrected chi connectivity index (χ0v) is 20.7. The Kier molecular flexibility index (Phi) is 8.03. The highest BCUT2D eigenvalue weighted by Gasteiger charge is 2.29. The van der Waals surface area contributed by atoms with Crippen molar-refractivity contribution in [1.29, 1.82) is 0 Å². The Morgan fingerprint density at radius 3 is 2.41 bits per heavy atom. The van der Waals surface area contributed by atoms with Crippen LogP contribution in [0.3, 0.4) is 0 Å². The molecule has 0 saturated carbocycles. The summed E-state index contributed by atoms with van der Waals surface area (Å²) in [6.45, 7) is 3.93. The molecule has 0 bridgehead atoms. The molecular formula is C30H31N3O4. The summed E-state index contributed by atoms with van der Waals surface area (Å²) in [5.41, 5.74) is 4.27. The van der Waals surface area contributed by atoms with Gasteiger partial charge in [0, 0.05) is 43.6 Å². The van der Waals surface area contributed by atoms with E-state index in [0.29, 0.717) is 25.3 Å². The molecule has 0 aliphatic carbocycles. The van der Waals surface area contributed by atoms with Gasteiger partial charge in [-0.25, -0.2) is 4.79 Å². The van der Waals surface area contributed by atoms with Crippen LogP contribution in [-0.2, 0) is 20.7 Å². The number of nitrogens with one attached hydrogen (secondary N) is 1. The van der Waals surface area contributed by atoms with Crippen molar-refractivity contribution < 1.29 is 19.1 Å². The summed E-state index contributed by atoms with van der Waals surface area (Å²) >= 11 is 0. The van der Waals surface area contributed by atoms with Crippen LogP contribution in [0.4, 0.5) is 4.79 Å². The molecule has 0 aromatic heterocycles. The summed E-state index contributed by atoms with van der Waals surface area (Å²) in [4.78, 5) is 33.4. The Labute approximate surface area is 217 Å². The molecule has 5 rings (SSSR count). The van der Waals surface area contributed by atoms with Crippen molar-refractivity contribution in [2.45, 2.75) is 25.1 Å². The largest absolute Gasteiger partial charge is 0.441 e. The minimum absolute atomic E-state index is 0.181. The van der Waals surface area contributed by atoms with Gasteiger partial charge in [-0.1, -0.05) is 84.9 Å². The van der Waals surface area contributed by atoms with Crippen LogP contribution >= 0.6 is 0 Å². The second-order valence-electron chi connectivity index (χ2n) is 9.24. The lowest BCUT2D eigenvalue weighted by Crippen LogP contribution is -2.41. The molecule has 0 spiro atoms. The highest BCUT2D eigenvalue weighted by atomic mass is 16.6. The van der Waals surface area contributed by atoms with Crippen molar-refractivity contribution in [3.8, 4) is 0 Å². The number of ether oxygens (including phenoxy) is 2. The molecule has 3 aromatic rings. The van der Waals surface area contributed by atoms with Gasteiger partial charge < -0.3 is 9.47 Å². The molecule has 37 heavy (non-hydrogen) atoms. The van der Waals surface area contributed by atoms with Crippen molar-refractivity contribution in [3.05, 3.63) is 107 Å². The third kappa shape index (κ3) is 6.31. The van der Waals surface area contributed by atoms with Crippen molar-refractivity contribution in [2.75, 3.05) is 32.8 Å². The minimum atomic E-state index is -1.04. The molecular weight excluding hydrogens is 466 g/mol. The topological polar surface area (TPSA) is 80.2 Å². The van der Waals surface area contributed by atoms with E-state index in [1.165, 1.54) is 0 Å². The van der Waals surface area contributed by atoms with E-state index in [0.717, 1.165) is 41.9 Å². The van der Waals surface area contributed by atoms with Crippen LogP contribution in [0.5, 0.6) is 0 Å². The molecule has 0 radical (unpaired) electrons. The van der Waals surface area contributed by atoms with E-state index in [9.17, 15) is 9.59 Å². The molecule has 1 saturated heterocycles. The molecule has 2 heterocycles. The average Bonchev–Trinajstić information content (AvgIpc) is 3.08. The number of ketones is 1. The molecule has 1 amide bonds. The Bertz CT molecular complexity index is 1240. The standard InChI is InChI=1S/C30H31N3O4/c34-26-21-24-13-7-8-14-25(24)28(23-11-5-2-6-12-23)31-29(26)32-30(35)37-27(22-9-3-1-4-10-22)15-16-33-17-19-36-20-18-33/h1-14,27,29H,15-21H2,(H,32,35)/t27-,29+/m1/s1. The Hall–Kier alpha value is -3.81. The first-order chi connectivity index (χ1) is 18.2. The number of hydrogen-bond donors (Lipinski definition) is 1. The van der Waals surface area contributed by atoms with Crippen LogP contribution < -0.4 is 5.32 Å². The van der Waals surface area contributed by atoms with Crippen LogP contribution in [0.25, 0.3) is 0 Å². The van der Waals surface area contributed by atoms with Crippen LogP contribution in [-0.4, -0.2) is 61.5 Å². The predicted octanol–water partition coefficient (Wildman–Crippen LogP) is 4.17. The Morgan fingerprint density at radius 2 is 1.65 bits per heavy atom. The molecule has 1 fully saturated rings. The monoisotopic (exact) mass is 497 g/mol. The normalized spacial score (nSPS) is 18.8. The highest BCUT2D eigenvalue weighted by Crippen LogP contribution is 2.24. The molecule has 2 atom stereocenters. The van der Waals surface area contributed by atoms with E-state index in [-0.39, 0.29) is 12.2 Å². The van der Waals surface area contributed by atoms with Gasteiger partial charge in [0.25, 0.3) is 0 Å². The van der Waals surface area contributed by atoms with Crippen LogP contribution in [0.15, 0.2) is 89.9 Å². The smallest absolute Gasteiger partial charge is 0.409 e. The molecule has 2 aliphatic heterocycles. The fourth-order valence-electron chi connectivity index (χ4n) is 4.76. The van der Waals surface area contributed by atoms with Crippen LogP contribution in [0.1, 0.15) is 34.8 Å². The van der Waals surface area contributed by atoms with Gasteiger partial charge in [0.1, 0.15) is 6.10 Å². The number of fused-ring (bicyclic) bond motifs is 1. The third-order valence-electron chi connectivity index (χ3n) is 6.73. The number of benzene rings is 3. The van der Waals surface area contributed by atoms with E-state index in [1.807, 2.05) is 84.9 Å². The Morgan fingerprint density at radius 1 is 0.973 bits per heavy atom. The maximum atomic E-state index is 13.2. The highest BCUT2D eigenvalue weighted by molar-refractivity contribution is 6.16. The first-order valence-electron chi connectivity index (χ1n) is 12.7. The van der Waals surface area contributed by atoms with E-state index in [1.54, 1.807) is 0 Å². The van der Waals surface area contributed by atoms with E-state index >= 15 is 0 Å². The lowest BCUT2D eigenvalue weighted by atomic mass is 9.96. The molecule has 0 unspecified atom stereocenters. The summed E-state index contributed by atoms with van der Waals surface area (Å²) in [5.74, 6) is -0.181. The van der Waals surface area contributed by atoms with Crippen LogP contribution in [0, 0.1) is 0 Å². The first-order valence-corrected chi connectivity index (χ1v) is 12.7. The Balaban J connectivity index is 1.34. The van der Waals surface area contributed by atoms with Crippen molar-refractivity contribution in [1.82, 2.24) is 10.2 Å². The summed E-state index contributed by atoms with van der Waals surface area (Å²) in [6, 6.07) is 27.2. The molecule has 3 aromatic carbocycles. The number of carbonyl (C=O) groups excluding carboxylic acids is 2. The molecule has 7 heteroatoms. The maximum absolute atomic E-state index is 13.2. The van der Waals surface area contributed by atoms with Gasteiger partial charge in [0.2, 0.25) is 0 Å². The number of Topliss-reactive ketones (excluding diaryl/α,β-unsaturated/α-hetero) is 1. The quantitative estimate of drug-likeness (QED) is 0.530. The summed E-state index contributed by atoms with van der Waals surface area (Å²) in [7, 11) is 0. The van der Waals surface area contributed by atoms with Crippen molar-refractivity contribution in [3.63, 3.8) is 0 Å². The predicted molar refractivity (Wildman–Crippen MR) is 142 cm³/mol. The van der Waals surface area contributed by atoms with Gasteiger partial charge in [0.15, 0.2) is 11.9 Å². The van der Waals surface area contributed by atoms with Gasteiger partial charge in [-0.3, -0.25) is 20.0 Å². The van der Waals surface area contributed by atoms with Gasteiger partial charge in [-0.05, 0) is 11.1 Å². The molecule has 2 aliphatic rings. The number of amides is 1. The van der Waals surface area contributed by atoms with Gasteiger partial charge >= 0.3 is 6.09 Å². The number of hydrogen-bond acceptors (Lipinski definition) is 6. The van der Waals surface area contributed by atoms with E-state index in [4.69, 9.17) is 14.5 Å². The summed E-state index contributed by atoms with van der Waals surface area (Å²) < 4.78 is 11.4. The number of alkyl carbamates (subject to hydrolysis) is 1. The zero-order valence-electron chi connectivity index (χ0n) is 20.7. The fraction of sp³-hybridized carbons (Fsp3) is 0.300. The van der Waals surface area contributed by atoms with Gasteiger partial charge in [0.05, 0.1) is 18.9 Å².